The van der Waals surface area contributed by atoms with E-state index in [0.29, 0.717) is 5.39 Å². The number of ether oxygens (including phenoxy) is 2. The fraction of sp³-hybridized carbons (Fsp3) is 0.312. The van der Waals surface area contributed by atoms with E-state index in [2.05, 4.69) is 0 Å². The predicted molar refractivity (Wildman–Crippen MR) is 80.6 cm³/mol. The molecule has 1 heterocycles. The van der Waals surface area contributed by atoms with Crippen molar-refractivity contribution < 1.29 is 39.8 Å². The van der Waals surface area contributed by atoms with Crippen LogP contribution in [0.25, 0.3) is 10.8 Å². The lowest BCUT2D eigenvalue weighted by atomic mass is 9.99. The standard InChI is InChI=1S/C16H16O8/c17-10-8-4-2-1-3-7(8)5-6-9(10)23-16-13(20)11(18)12(19)14(24-16)15(21)22/h1-6,11-14,16-20H,(H,21,22)/t11-,12-,13+,14-,16+/m0/s1. The van der Waals surface area contributed by atoms with Crippen LogP contribution in [0.15, 0.2) is 36.4 Å². The maximum atomic E-state index is 11.1. The van der Waals surface area contributed by atoms with Crippen LogP contribution < -0.4 is 4.74 Å². The Bertz CT molecular complexity index is 761. The number of aliphatic carboxylic acids is 1. The van der Waals surface area contributed by atoms with Gasteiger partial charge in [0, 0.05) is 5.39 Å². The van der Waals surface area contributed by atoms with Crippen molar-refractivity contribution >= 4 is 16.7 Å². The average molecular weight is 336 g/mol. The summed E-state index contributed by atoms with van der Waals surface area (Å²) in [5.74, 6) is -1.77. The molecular formula is C16H16O8. The molecule has 0 radical (unpaired) electrons. The molecule has 0 bridgehead atoms. The van der Waals surface area contributed by atoms with Crippen LogP contribution in [-0.2, 0) is 9.53 Å². The van der Waals surface area contributed by atoms with Gasteiger partial charge in [0.1, 0.15) is 18.3 Å². The van der Waals surface area contributed by atoms with Crippen molar-refractivity contribution in [3.63, 3.8) is 0 Å². The number of benzene rings is 2. The zero-order chi connectivity index (χ0) is 17.4. The van der Waals surface area contributed by atoms with Crippen molar-refractivity contribution in [2.45, 2.75) is 30.7 Å². The zero-order valence-corrected chi connectivity index (χ0v) is 12.3. The van der Waals surface area contributed by atoms with E-state index in [1.54, 1.807) is 30.3 Å². The topological polar surface area (TPSA) is 137 Å². The van der Waals surface area contributed by atoms with Crippen LogP contribution in [0.4, 0.5) is 0 Å². The summed E-state index contributed by atoms with van der Waals surface area (Å²) in [6.45, 7) is 0. The van der Waals surface area contributed by atoms with Crippen LogP contribution in [-0.4, -0.2) is 62.2 Å². The van der Waals surface area contributed by atoms with Crippen LogP contribution in [0.5, 0.6) is 11.5 Å². The highest BCUT2D eigenvalue weighted by Gasteiger charge is 2.48. The second-order valence-corrected chi connectivity index (χ2v) is 5.49. The molecule has 2 aromatic rings. The number of aromatic hydroxyl groups is 1. The number of phenolic OH excluding ortho intramolecular Hbond substituents is 1. The second-order valence-electron chi connectivity index (χ2n) is 5.49. The van der Waals surface area contributed by atoms with Crippen molar-refractivity contribution in [2.75, 3.05) is 0 Å². The van der Waals surface area contributed by atoms with Gasteiger partial charge in [0.15, 0.2) is 17.6 Å². The number of rotatable bonds is 3. The van der Waals surface area contributed by atoms with Crippen LogP contribution in [0.3, 0.4) is 0 Å². The smallest absolute Gasteiger partial charge is 0.335 e. The number of phenols is 1. The summed E-state index contributed by atoms with van der Waals surface area (Å²) >= 11 is 0. The van der Waals surface area contributed by atoms with E-state index in [9.17, 15) is 25.2 Å². The van der Waals surface area contributed by atoms with Crippen LogP contribution in [0, 0.1) is 0 Å². The van der Waals surface area contributed by atoms with Gasteiger partial charge in [0.05, 0.1) is 0 Å². The Morgan fingerprint density at radius 3 is 2.42 bits per heavy atom. The molecule has 3 rings (SSSR count). The fourth-order valence-electron chi connectivity index (χ4n) is 2.60. The number of aliphatic hydroxyl groups excluding tert-OH is 3. The van der Waals surface area contributed by atoms with Gasteiger partial charge in [0.2, 0.25) is 6.29 Å². The second kappa shape index (κ2) is 6.25. The Hall–Kier alpha value is -2.39. The fourth-order valence-corrected chi connectivity index (χ4v) is 2.60. The molecule has 1 fully saturated rings. The molecule has 1 saturated heterocycles. The SMILES string of the molecule is O=C(O)[C@H]1O[C@@H](Oc2ccc3ccccc3c2O)[C@H](O)[C@@H](O)[C@@H]1O. The summed E-state index contributed by atoms with van der Waals surface area (Å²) in [4.78, 5) is 11.1. The maximum Gasteiger partial charge on any atom is 0.335 e. The average Bonchev–Trinajstić information content (AvgIpc) is 2.57. The van der Waals surface area contributed by atoms with E-state index in [1.807, 2.05) is 0 Å². The van der Waals surface area contributed by atoms with E-state index in [1.165, 1.54) is 6.07 Å². The van der Waals surface area contributed by atoms with E-state index < -0.39 is 36.7 Å². The third kappa shape index (κ3) is 2.76. The number of carbonyl (C=O) groups is 1. The van der Waals surface area contributed by atoms with E-state index >= 15 is 0 Å². The molecule has 0 spiro atoms. The molecule has 1 aliphatic rings. The zero-order valence-electron chi connectivity index (χ0n) is 12.3. The van der Waals surface area contributed by atoms with Crippen molar-refractivity contribution in [3.05, 3.63) is 36.4 Å². The molecule has 128 valence electrons. The third-order valence-corrected chi connectivity index (χ3v) is 3.92. The molecule has 0 amide bonds. The Labute approximate surface area is 136 Å². The molecular weight excluding hydrogens is 320 g/mol. The number of hydrogen-bond acceptors (Lipinski definition) is 7. The number of carboxylic acid groups (broad SMARTS) is 1. The molecule has 8 nitrogen and oxygen atoms in total. The minimum Gasteiger partial charge on any atom is -0.504 e. The number of hydrogen-bond donors (Lipinski definition) is 5. The molecule has 5 atom stereocenters. The Kier molecular flexibility index (Phi) is 4.29. The van der Waals surface area contributed by atoms with Crippen LogP contribution >= 0.6 is 0 Å². The lowest BCUT2D eigenvalue weighted by Gasteiger charge is -2.38. The highest BCUT2D eigenvalue weighted by molar-refractivity contribution is 5.90. The van der Waals surface area contributed by atoms with Gasteiger partial charge in [-0.2, -0.15) is 0 Å². The summed E-state index contributed by atoms with van der Waals surface area (Å²) < 4.78 is 10.4. The number of carboxylic acids is 1. The summed E-state index contributed by atoms with van der Waals surface area (Å²) in [6.07, 6.45) is -8.61. The molecule has 24 heavy (non-hydrogen) atoms. The largest absolute Gasteiger partial charge is 0.504 e. The lowest BCUT2D eigenvalue weighted by Crippen LogP contribution is -2.61. The first kappa shape index (κ1) is 16.5. The molecule has 8 heteroatoms. The summed E-state index contributed by atoms with van der Waals surface area (Å²) in [5, 5.41) is 49.9. The number of fused-ring (bicyclic) bond motifs is 1. The van der Waals surface area contributed by atoms with E-state index in [-0.39, 0.29) is 11.5 Å². The molecule has 0 saturated carbocycles. The summed E-state index contributed by atoms with van der Waals surface area (Å²) in [6, 6.07) is 10.1. The summed E-state index contributed by atoms with van der Waals surface area (Å²) in [7, 11) is 0. The third-order valence-electron chi connectivity index (χ3n) is 3.92. The van der Waals surface area contributed by atoms with Gasteiger partial charge in [-0.3, -0.25) is 0 Å². The summed E-state index contributed by atoms with van der Waals surface area (Å²) in [5.41, 5.74) is 0. The molecule has 0 aliphatic carbocycles. The van der Waals surface area contributed by atoms with Crippen LogP contribution in [0.1, 0.15) is 0 Å². The first-order valence-corrected chi connectivity index (χ1v) is 7.20. The van der Waals surface area contributed by atoms with Gasteiger partial charge < -0.3 is 35.0 Å². The molecule has 2 aromatic carbocycles. The van der Waals surface area contributed by atoms with Crippen molar-refractivity contribution in [1.82, 2.24) is 0 Å². The van der Waals surface area contributed by atoms with Gasteiger partial charge in [-0.15, -0.1) is 0 Å². The highest BCUT2D eigenvalue weighted by atomic mass is 16.7. The van der Waals surface area contributed by atoms with Gasteiger partial charge in [-0.1, -0.05) is 30.3 Å². The van der Waals surface area contributed by atoms with E-state index in [4.69, 9.17) is 14.6 Å². The number of aliphatic hydroxyl groups is 3. The van der Waals surface area contributed by atoms with Crippen molar-refractivity contribution in [3.8, 4) is 11.5 Å². The Balaban J connectivity index is 1.89. The van der Waals surface area contributed by atoms with Gasteiger partial charge in [-0.05, 0) is 11.5 Å². The molecule has 5 N–H and O–H groups in total. The Morgan fingerprint density at radius 1 is 1.00 bits per heavy atom. The normalized spacial score (nSPS) is 30.2. The first-order valence-electron chi connectivity index (χ1n) is 7.20. The minimum atomic E-state index is -1.80. The van der Waals surface area contributed by atoms with Crippen LogP contribution in [0.2, 0.25) is 0 Å². The van der Waals surface area contributed by atoms with Crippen molar-refractivity contribution in [1.29, 1.82) is 0 Å². The molecule has 0 aromatic heterocycles. The first-order chi connectivity index (χ1) is 11.4. The highest BCUT2D eigenvalue weighted by Crippen LogP contribution is 2.36. The van der Waals surface area contributed by atoms with Crippen molar-refractivity contribution in [2.24, 2.45) is 0 Å². The Morgan fingerprint density at radius 2 is 1.71 bits per heavy atom. The quantitative estimate of drug-likeness (QED) is 0.520. The lowest BCUT2D eigenvalue weighted by molar-refractivity contribution is -0.271. The van der Waals surface area contributed by atoms with Gasteiger partial charge >= 0.3 is 5.97 Å². The predicted octanol–water partition coefficient (Wildman–Crippen LogP) is -0.184. The maximum absolute atomic E-state index is 11.1. The monoisotopic (exact) mass is 336 g/mol. The van der Waals surface area contributed by atoms with Gasteiger partial charge in [-0.25, -0.2) is 4.79 Å². The van der Waals surface area contributed by atoms with Gasteiger partial charge in [0.25, 0.3) is 0 Å². The molecule has 1 aliphatic heterocycles. The molecule has 0 unspecified atom stereocenters. The van der Waals surface area contributed by atoms with E-state index in [0.717, 1.165) is 5.39 Å². The minimum absolute atomic E-state index is 0.0505.